The molecule has 0 aliphatic heterocycles. The maximum Gasteiger partial charge on any atom is 0.134 e. The van der Waals surface area contributed by atoms with Crippen LogP contribution in [0, 0.1) is 5.82 Å². The molecule has 0 fully saturated rings. The Morgan fingerprint density at radius 2 is 2.05 bits per heavy atom. The number of nitrogens with two attached hydrogens (primary N) is 1. The van der Waals surface area contributed by atoms with Crippen molar-refractivity contribution in [3.05, 3.63) is 57.8 Å². The van der Waals surface area contributed by atoms with Gasteiger partial charge in [-0.15, -0.1) is 0 Å². The average Bonchev–Trinajstić information content (AvgIpc) is 2.47. The van der Waals surface area contributed by atoms with Crippen LogP contribution in [0.4, 0.5) is 4.39 Å². The Kier molecular flexibility index (Phi) is 5.14. The molecule has 6 heteroatoms. The highest BCUT2D eigenvalue weighted by Gasteiger charge is 2.08. The van der Waals surface area contributed by atoms with Gasteiger partial charge in [-0.3, -0.25) is 0 Å². The summed E-state index contributed by atoms with van der Waals surface area (Å²) < 4.78 is 25.1. The molecule has 0 amide bonds. The lowest BCUT2D eigenvalue weighted by Crippen LogP contribution is -2.12. The maximum atomic E-state index is 13.5. The summed E-state index contributed by atoms with van der Waals surface area (Å²) in [6.45, 7) is 0.279. The standard InChI is InChI=1S/C15H13BrFNO2S/c1-19-10-3-5-14(12(16)7-10)20-8-9-2-4-13(17)11(6-9)15(18)21/h2-7H,8H2,1H3,(H2,18,21). The third-order valence-electron chi connectivity index (χ3n) is 2.83. The van der Waals surface area contributed by atoms with E-state index >= 15 is 0 Å². The second kappa shape index (κ2) is 6.87. The molecule has 0 aromatic heterocycles. The highest BCUT2D eigenvalue weighted by atomic mass is 79.9. The molecule has 0 heterocycles. The van der Waals surface area contributed by atoms with Crippen LogP contribution in [-0.4, -0.2) is 12.1 Å². The third-order valence-corrected chi connectivity index (χ3v) is 3.67. The molecule has 0 saturated carbocycles. The van der Waals surface area contributed by atoms with Gasteiger partial charge in [-0.05, 0) is 51.8 Å². The van der Waals surface area contributed by atoms with Crippen LogP contribution in [0.1, 0.15) is 11.1 Å². The Morgan fingerprint density at radius 3 is 2.67 bits per heavy atom. The smallest absolute Gasteiger partial charge is 0.134 e. The number of thiocarbonyl (C=S) groups is 1. The van der Waals surface area contributed by atoms with Gasteiger partial charge < -0.3 is 15.2 Å². The first-order valence-corrected chi connectivity index (χ1v) is 7.26. The number of hydrogen-bond acceptors (Lipinski definition) is 3. The van der Waals surface area contributed by atoms with Crippen molar-refractivity contribution in [2.24, 2.45) is 5.73 Å². The predicted molar refractivity (Wildman–Crippen MR) is 87.3 cm³/mol. The van der Waals surface area contributed by atoms with E-state index in [1.165, 1.54) is 6.07 Å². The van der Waals surface area contributed by atoms with Gasteiger partial charge in [0.15, 0.2) is 0 Å². The van der Waals surface area contributed by atoms with Crippen molar-refractivity contribution in [3.8, 4) is 11.5 Å². The van der Waals surface area contributed by atoms with E-state index in [1.54, 1.807) is 37.4 Å². The van der Waals surface area contributed by atoms with E-state index in [0.717, 1.165) is 15.8 Å². The average molecular weight is 370 g/mol. The Balaban J connectivity index is 2.13. The number of methoxy groups -OCH3 is 1. The molecule has 0 bridgehead atoms. The number of benzene rings is 2. The van der Waals surface area contributed by atoms with Crippen LogP contribution in [0.5, 0.6) is 11.5 Å². The SMILES string of the molecule is COc1ccc(OCc2ccc(F)c(C(N)=S)c2)c(Br)c1. The zero-order valence-electron chi connectivity index (χ0n) is 11.2. The molecule has 3 nitrogen and oxygen atoms in total. The molecule has 0 aliphatic rings. The van der Waals surface area contributed by atoms with Crippen LogP contribution < -0.4 is 15.2 Å². The molecule has 21 heavy (non-hydrogen) atoms. The zero-order chi connectivity index (χ0) is 15.4. The van der Waals surface area contributed by atoms with Gasteiger partial charge >= 0.3 is 0 Å². The Hall–Kier alpha value is -1.66. The maximum absolute atomic E-state index is 13.5. The Labute approximate surface area is 136 Å². The van der Waals surface area contributed by atoms with Gasteiger partial charge in [0.2, 0.25) is 0 Å². The summed E-state index contributed by atoms with van der Waals surface area (Å²) in [5.41, 5.74) is 6.48. The van der Waals surface area contributed by atoms with Crippen LogP contribution in [0.2, 0.25) is 0 Å². The molecule has 0 aliphatic carbocycles. The minimum absolute atomic E-state index is 0.0278. The van der Waals surface area contributed by atoms with Gasteiger partial charge in [0.05, 0.1) is 11.6 Å². The summed E-state index contributed by atoms with van der Waals surface area (Å²) in [5.74, 6) is 0.959. The van der Waals surface area contributed by atoms with Crippen LogP contribution in [0.25, 0.3) is 0 Å². The van der Waals surface area contributed by atoms with E-state index in [1.807, 2.05) is 0 Å². The van der Waals surface area contributed by atoms with E-state index in [9.17, 15) is 4.39 Å². The fraction of sp³-hybridized carbons (Fsp3) is 0.133. The second-order valence-electron chi connectivity index (χ2n) is 4.26. The zero-order valence-corrected chi connectivity index (χ0v) is 13.6. The number of rotatable bonds is 5. The summed E-state index contributed by atoms with van der Waals surface area (Å²) in [7, 11) is 1.60. The first-order valence-electron chi connectivity index (χ1n) is 6.06. The van der Waals surface area contributed by atoms with Gasteiger partial charge in [-0.25, -0.2) is 4.39 Å². The number of ether oxygens (including phenoxy) is 2. The normalized spacial score (nSPS) is 10.2. The Morgan fingerprint density at radius 1 is 1.29 bits per heavy atom. The lowest BCUT2D eigenvalue weighted by molar-refractivity contribution is 0.303. The molecule has 2 N–H and O–H groups in total. The summed E-state index contributed by atoms with van der Waals surface area (Å²) in [6, 6.07) is 9.95. The van der Waals surface area contributed by atoms with Gasteiger partial charge in [0, 0.05) is 5.56 Å². The van der Waals surface area contributed by atoms with Crippen molar-refractivity contribution in [2.75, 3.05) is 7.11 Å². The van der Waals surface area contributed by atoms with Gasteiger partial charge in [0.1, 0.15) is 28.9 Å². The predicted octanol–water partition coefficient (Wildman–Crippen LogP) is 3.81. The van der Waals surface area contributed by atoms with E-state index < -0.39 is 5.82 Å². The monoisotopic (exact) mass is 369 g/mol. The molecule has 0 spiro atoms. The highest BCUT2D eigenvalue weighted by molar-refractivity contribution is 9.10. The molecular formula is C15H13BrFNO2S. The largest absolute Gasteiger partial charge is 0.497 e. The lowest BCUT2D eigenvalue weighted by Gasteiger charge is -2.10. The fourth-order valence-corrected chi connectivity index (χ4v) is 2.37. The molecule has 2 aromatic rings. The third kappa shape index (κ3) is 3.92. The molecular weight excluding hydrogens is 357 g/mol. The van der Waals surface area contributed by atoms with E-state index in [0.29, 0.717) is 5.75 Å². The van der Waals surface area contributed by atoms with Crippen LogP contribution in [-0.2, 0) is 6.61 Å². The van der Waals surface area contributed by atoms with Crippen molar-refractivity contribution in [3.63, 3.8) is 0 Å². The molecule has 0 saturated heterocycles. The van der Waals surface area contributed by atoms with Gasteiger partial charge in [-0.2, -0.15) is 0 Å². The number of halogens is 2. The minimum Gasteiger partial charge on any atom is -0.497 e. The summed E-state index contributed by atoms with van der Waals surface area (Å²) in [6.07, 6.45) is 0. The lowest BCUT2D eigenvalue weighted by atomic mass is 10.1. The van der Waals surface area contributed by atoms with Gasteiger partial charge in [-0.1, -0.05) is 18.3 Å². The first kappa shape index (κ1) is 15.7. The van der Waals surface area contributed by atoms with Crippen LogP contribution in [0.15, 0.2) is 40.9 Å². The van der Waals surface area contributed by atoms with Crippen molar-refractivity contribution in [2.45, 2.75) is 6.61 Å². The molecule has 0 atom stereocenters. The summed E-state index contributed by atoms with van der Waals surface area (Å²) >= 11 is 8.22. The highest BCUT2D eigenvalue weighted by Crippen LogP contribution is 2.29. The van der Waals surface area contributed by atoms with Crippen LogP contribution in [0.3, 0.4) is 0 Å². The Bertz CT molecular complexity index is 679. The van der Waals surface area contributed by atoms with E-state index in [4.69, 9.17) is 27.4 Å². The van der Waals surface area contributed by atoms with Gasteiger partial charge in [0.25, 0.3) is 0 Å². The number of hydrogen-bond donors (Lipinski definition) is 1. The molecule has 0 unspecified atom stereocenters. The van der Waals surface area contributed by atoms with Crippen molar-refractivity contribution < 1.29 is 13.9 Å². The van der Waals surface area contributed by atoms with E-state index in [2.05, 4.69) is 15.9 Å². The first-order chi connectivity index (χ1) is 10.0. The van der Waals surface area contributed by atoms with Crippen molar-refractivity contribution >= 4 is 33.1 Å². The summed E-state index contributed by atoms with van der Waals surface area (Å²) in [4.78, 5) is 0.0278. The minimum atomic E-state index is -0.433. The van der Waals surface area contributed by atoms with Crippen LogP contribution >= 0.6 is 28.1 Å². The van der Waals surface area contributed by atoms with E-state index in [-0.39, 0.29) is 17.2 Å². The summed E-state index contributed by atoms with van der Waals surface area (Å²) in [5, 5.41) is 0. The second-order valence-corrected chi connectivity index (χ2v) is 5.56. The van der Waals surface area contributed by atoms with Crippen molar-refractivity contribution in [1.29, 1.82) is 0 Å². The molecule has 0 radical (unpaired) electrons. The quantitative estimate of drug-likeness (QED) is 0.813. The molecule has 110 valence electrons. The topological polar surface area (TPSA) is 44.5 Å². The molecule has 2 aromatic carbocycles. The van der Waals surface area contributed by atoms with Crippen molar-refractivity contribution in [1.82, 2.24) is 0 Å². The fourth-order valence-electron chi connectivity index (χ4n) is 1.74. The molecule has 2 rings (SSSR count).